The Hall–Kier alpha value is -5.98. The lowest BCUT2D eigenvalue weighted by molar-refractivity contribution is -0.141. The van der Waals surface area contributed by atoms with E-state index in [1.807, 2.05) is 0 Å². The van der Waals surface area contributed by atoms with Crippen LogP contribution in [-0.2, 0) is 30.1 Å². The molecule has 2 unspecified atom stereocenters. The van der Waals surface area contributed by atoms with Crippen molar-refractivity contribution in [1.82, 2.24) is 24.9 Å². The highest BCUT2D eigenvalue weighted by molar-refractivity contribution is 6.04. The number of ether oxygens (including phenoxy) is 5. The van der Waals surface area contributed by atoms with Gasteiger partial charge < -0.3 is 23.7 Å². The van der Waals surface area contributed by atoms with E-state index in [1.54, 1.807) is 16.8 Å². The van der Waals surface area contributed by atoms with Gasteiger partial charge in [0.05, 0.1) is 51.5 Å². The minimum atomic E-state index is -1.05. The third-order valence-corrected chi connectivity index (χ3v) is 8.72. The van der Waals surface area contributed by atoms with Crippen LogP contribution < -0.4 is 24.3 Å². The van der Waals surface area contributed by atoms with Crippen molar-refractivity contribution in [1.29, 1.82) is 0 Å². The van der Waals surface area contributed by atoms with Crippen LogP contribution in [0.5, 0.6) is 23.0 Å². The van der Waals surface area contributed by atoms with E-state index in [4.69, 9.17) is 25.5 Å². The van der Waals surface area contributed by atoms with Gasteiger partial charge in [0.25, 0.3) is 0 Å². The maximum absolute atomic E-state index is 13.7. The molecule has 254 valence electrons. The predicted molar refractivity (Wildman–Crippen MR) is 165 cm³/mol. The smallest absolute Gasteiger partial charge is 0.311 e. The lowest BCUT2D eigenvalue weighted by atomic mass is 9.78. The van der Waals surface area contributed by atoms with Crippen LogP contribution in [0.4, 0.5) is 8.78 Å². The number of halogens is 2. The van der Waals surface area contributed by atoms with E-state index < -0.39 is 34.5 Å². The van der Waals surface area contributed by atoms with Gasteiger partial charge in [-0.1, -0.05) is 0 Å². The van der Waals surface area contributed by atoms with Crippen LogP contribution in [0, 0.1) is 18.2 Å². The number of carbonyl (C=O) groups is 3. The third-order valence-electron chi connectivity index (χ3n) is 8.72. The number of rotatable bonds is 7. The first-order chi connectivity index (χ1) is 23.6. The first-order valence-corrected chi connectivity index (χ1v) is 15.0. The van der Waals surface area contributed by atoms with Crippen LogP contribution in [0.3, 0.4) is 0 Å². The molecule has 2 aromatic carbocycles. The second kappa shape index (κ2) is 12.9. The van der Waals surface area contributed by atoms with Gasteiger partial charge in [-0.15, -0.1) is 0 Å². The molecule has 1 saturated heterocycles. The summed E-state index contributed by atoms with van der Waals surface area (Å²) in [6.07, 6.45) is 3.92. The molecular weight excluding hydrogens is 646 g/mol. The molecule has 2 atom stereocenters. The minimum absolute atomic E-state index is 0.0728. The molecule has 2 aromatic heterocycles. The molecule has 0 bridgehead atoms. The largest absolute Gasteiger partial charge is 0.494 e. The molecule has 0 saturated carbocycles. The van der Waals surface area contributed by atoms with Gasteiger partial charge >= 0.3 is 11.5 Å². The molecule has 49 heavy (non-hydrogen) atoms. The molecule has 0 aliphatic carbocycles. The normalized spacial score (nSPS) is 20.2. The maximum atomic E-state index is 13.7. The lowest BCUT2D eigenvalue weighted by Crippen LogP contribution is -2.53. The Balaban J connectivity index is 0.000000170. The molecule has 1 N–H and O–H groups in total. The van der Waals surface area contributed by atoms with Crippen LogP contribution in [0.2, 0.25) is 0 Å². The summed E-state index contributed by atoms with van der Waals surface area (Å²) in [5.74, 6) is -0.957. The van der Waals surface area contributed by atoms with Crippen molar-refractivity contribution in [2.24, 2.45) is 0 Å². The van der Waals surface area contributed by atoms with E-state index >= 15 is 0 Å². The second-order valence-corrected chi connectivity index (χ2v) is 11.4. The number of piperidine rings is 1. The van der Waals surface area contributed by atoms with E-state index in [2.05, 4.69) is 25.1 Å². The van der Waals surface area contributed by atoms with Gasteiger partial charge in [0.2, 0.25) is 11.8 Å². The highest BCUT2D eigenvalue weighted by Crippen LogP contribution is 2.46. The molecule has 4 aromatic rings. The minimum Gasteiger partial charge on any atom is -0.494 e. The zero-order valence-corrected chi connectivity index (χ0v) is 26.6. The van der Waals surface area contributed by atoms with E-state index in [0.717, 1.165) is 0 Å². The third kappa shape index (κ3) is 5.66. The molecule has 1 fully saturated rings. The highest BCUT2D eigenvalue weighted by atomic mass is 19.1. The summed E-state index contributed by atoms with van der Waals surface area (Å²) in [5.41, 5.74) is 0.171. The van der Waals surface area contributed by atoms with Gasteiger partial charge in [0.15, 0.2) is 46.9 Å². The zero-order valence-electron chi connectivity index (χ0n) is 26.6. The first kappa shape index (κ1) is 32.9. The summed E-state index contributed by atoms with van der Waals surface area (Å²) in [6, 6.07) is 8.62. The highest BCUT2D eigenvalue weighted by Gasteiger charge is 2.53. The molecule has 7 rings (SSSR count). The summed E-state index contributed by atoms with van der Waals surface area (Å²) < 4.78 is 56.3. The van der Waals surface area contributed by atoms with E-state index in [-0.39, 0.29) is 49.9 Å². The number of imide groups is 1. The number of aromatic nitrogens is 4. The van der Waals surface area contributed by atoms with Gasteiger partial charge in [-0.25, -0.2) is 24.7 Å². The Kier molecular flexibility index (Phi) is 8.68. The van der Waals surface area contributed by atoms with Crippen LogP contribution >= 0.6 is 0 Å². The number of fused-ring (bicyclic) bond motifs is 3. The van der Waals surface area contributed by atoms with Crippen LogP contribution in [0.1, 0.15) is 37.1 Å². The van der Waals surface area contributed by atoms with E-state index in [0.29, 0.717) is 40.7 Å². The fourth-order valence-electron chi connectivity index (χ4n) is 6.09. The summed E-state index contributed by atoms with van der Waals surface area (Å²) in [5, 5.41) is 10.9. The predicted octanol–water partition coefficient (Wildman–Crippen LogP) is 3.57. The van der Waals surface area contributed by atoms with Crippen molar-refractivity contribution in [2.75, 3.05) is 34.5 Å². The fraction of sp³-hybridized carbons (Fsp3) is 0.333. The standard InChI is InChI=1S/C17H16FN3O4.C16H14FN3O4/c1-19-17(7-6-15(22)24-3)10-25-14-9-20-21(16(14)17)11-4-5-12(18)13(8-11)23-2;1-23-11-6-9(2-3-10(11)17)20-14-12(7-18-20)24-8-16(14)5-4-13(21)19-15(16)22/h4-5,8-9H,6-7,10H2,2-3H3;2-3,6-7H,4-5,8H2,1H3,(H,19,21,22). The molecule has 3 aliphatic heterocycles. The number of amides is 2. The van der Waals surface area contributed by atoms with Gasteiger partial charge in [0, 0.05) is 25.0 Å². The van der Waals surface area contributed by atoms with Crippen molar-refractivity contribution >= 4 is 17.8 Å². The number of nitrogens with zero attached hydrogens (tertiary/aromatic N) is 5. The number of esters is 1. The molecule has 1 spiro atoms. The average molecular weight is 677 g/mol. The van der Waals surface area contributed by atoms with Crippen molar-refractivity contribution < 1.29 is 46.8 Å². The summed E-state index contributed by atoms with van der Waals surface area (Å²) in [4.78, 5) is 39.2. The number of carbonyl (C=O) groups excluding carboxylic acids is 3. The maximum Gasteiger partial charge on any atom is 0.311 e. The number of hydrogen-bond donors (Lipinski definition) is 1. The Morgan fingerprint density at radius 1 is 0.939 bits per heavy atom. The van der Waals surface area contributed by atoms with Crippen LogP contribution in [-0.4, -0.2) is 71.9 Å². The second-order valence-electron chi connectivity index (χ2n) is 11.4. The van der Waals surface area contributed by atoms with Crippen LogP contribution in [0.15, 0.2) is 48.8 Å². The molecule has 5 heterocycles. The quantitative estimate of drug-likeness (QED) is 0.175. The van der Waals surface area contributed by atoms with Gasteiger partial charge in [-0.05, 0) is 30.7 Å². The Morgan fingerprint density at radius 2 is 1.51 bits per heavy atom. The topological polar surface area (TPSA) is 149 Å². The number of benzene rings is 2. The summed E-state index contributed by atoms with van der Waals surface area (Å²) in [7, 11) is 4.05. The number of hydrogen-bond acceptors (Lipinski definition) is 10. The number of methoxy groups -OCH3 is 3. The first-order valence-electron chi connectivity index (χ1n) is 15.0. The molecule has 0 radical (unpaired) electrons. The molecule has 16 heteroatoms. The SMILES string of the molecule is COc1cc(-n2ncc3c2C2(CCC(=O)NC2=O)CO3)ccc1F.[C-]#[N+]C1(CCC(=O)OC)COc2cnn(-c3ccc(F)c(OC)c3)c21. The van der Waals surface area contributed by atoms with Gasteiger partial charge in [-0.3, -0.25) is 24.5 Å². The fourth-order valence-corrected chi connectivity index (χ4v) is 6.09. The monoisotopic (exact) mass is 676 g/mol. The van der Waals surface area contributed by atoms with Gasteiger partial charge in [-0.2, -0.15) is 10.2 Å². The van der Waals surface area contributed by atoms with Crippen LogP contribution in [0.25, 0.3) is 16.2 Å². The lowest BCUT2D eigenvalue weighted by Gasteiger charge is -2.30. The molecule has 3 aliphatic rings. The summed E-state index contributed by atoms with van der Waals surface area (Å²) in [6.45, 7) is 7.93. The average Bonchev–Trinajstić information content (AvgIpc) is 3.89. The van der Waals surface area contributed by atoms with Crippen molar-refractivity contribution in [3.05, 3.63) is 83.2 Å². The van der Waals surface area contributed by atoms with Crippen molar-refractivity contribution in [3.63, 3.8) is 0 Å². The number of nitrogens with one attached hydrogen (secondary N) is 1. The molecule has 14 nitrogen and oxygen atoms in total. The van der Waals surface area contributed by atoms with Crippen molar-refractivity contribution in [2.45, 2.75) is 36.6 Å². The van der Waals surface area contributed by atoms with E-state index in [9.17, 15) is 23.2 Å². The Labute approximate surface area is 278 Å². The van der Waals surface area contributed by atoms with Gasteiger partial charge in [0.1, 0.15) is 17.7 Å². The summed E-state index contributed by atoms with van der Waals surface area (Å²) >= 11 is 0. The zero-order chi connectivity index (χ0) is 34.9. The Morgan fingerprint density at radius 3 is 2.06 bits per heavy atom. The molecular formula is C33H30F2N6O8. The Bertz CT molecular complexity index is 2000. The molecule has 2 amide bonds. The van der Waals surface area contributed by atoms with E-state index in [1.165, 1.54) is 62.7 Å². The van der Waals surface area contributed by atoms with Crippen molar-refractivity contribution in [3.8, 4) is 34.4 Å².